The van der Waals surface area contributed by atoms with Gasteiger partial charge in [-0.3, -0.25) is 9.59 Å². The van der Waals surface area contributed by atoms with Gasteiger partial charge in [0.25, 0.3) is 0 Å². The predicted molar refractivity (Wildman–Crippen MR) is 78.5 cm³/mol. The Bertz CT molecular complexity index is 666. The summed E-state index contributed by atoms with van der Waals surface area (Å²) >= 11 is 0. The minimum absolute atomic E-state index is 0.00422. The zero-order valence-corrected chi connectivity index (χ0v) is 12.6. The SMILES string of the molecule is O=C1N[C@@H](CO)C(=O)N2CCN(C(=O)Oc3ccc(F)cc3)C[C@H]12. The fraction of sp³-hybridized carbons (Fsp3) is 0.400. The third kappa shape index (κ3) is 3.02. The van der Waals surface area contributed by atoms with Gasteiger partial charge >= 0.3 is 6.09 Å². The molecule has 24 heavy (non-hydrogen) atoms. The number of halogens is 1. The van der Waals surface area contributed by atoms with Crippen LogP contribution >= 0.6 is 0 Å². The van der Waals surface area contributed by atoms with Gasteiger partial charge in [0.05, 0.1) is 13.2 Å². The molecule has 0 saturated carbocycles. The van der Waals surface area contributed by atoms with Gasteiger partial charge in [-0.1, -0.05) is 0 Å². The van der Waals surface area contributed by atoms with E-state index in [1.165, 1.54) is 34.1 Å². The van der Waals surface area contributed by atoms with Crippen LogP contribution in [0.3, 0.4) is 0 Å². The molecule has 3 rings (SSSR count). The highest BCUT2D eigenvalue weighted by Gasteiger charge is 2.44. The largest absolute Gasteiger partial charge is 0.415 e. The number of carbonyl (C=O) groups is 3. The Kier molecular flexibility index (Phi) is 4.34. The topological polar surface area (TPSA) is 99.2 Å². The number of rotatable bonds is 2. The second-order valence-corrected chi connectivity index (χ2v) is 5.56. The number of aliphatic hydroxyl groups excluding tert-OH is 1. The third-order valence-electron chi connectivity index (χ3n) is 4.04. The highest BCUT2D eigenvalue weighted by Crippen LogP contribution is 2.18. The lowest BCUT2D eigenvalue weighted by Crippen LogP contribution is -2.70. The minimum atomic E-state index is -0.938. The van der Waals surface area contributed by atoms with Crippen molar-refractivity contribution in [1.29, 1.82) is 0 Å². The zero-order valence-electron chi connectivity index (χ0n) is 12.6. The number of carbonyl (C=O) groups excluding carboxylic acids is 3. The van der Waals surface area contributed by atoms with Crippen LogP contribution in [0.5, 0.6) is 5.75 Å². The molecule has 2 N–H and O–H groups in total. The number of benzene rings is 1. The van der Waals surface area contributed by atoms with E-state index < -0.39 is 36.5 Å². The van der Waals surface area contributed by atoms with Gasteiger partial charge in [0.1, 0.15) is 23.7 Å². The fourth-order valence-corrected chi connectivity index (χ4v) is 2.76. The van der Waals surface area contributed by atoms with E-state index in [0.717, 1.165) is 0 Å². The summed E-state index contributed by atoms with van der Waals surface area (Å²) < 4.78 is 18.0. The normalized spacial score (nSPS) is 23.6. The van der Waals surface area contributed by atoms with Crippen molar-refractivity contribution in [3.8, 4) is 5.75 Å². The zero-order chi connectivity index (χ0) is 17.3. The molecule has 2 atom stereocenters. The number of aliphatic hydroxyl groups is 1. The molecule has 2 fully saturated rings. The molecule has 0 bridgehead atoms. The second kappa shape index (κ2) is 6.44. The fourth-order valence-electron chi connectivity index (χ4n) is 2.76. The maximum Gasteiger partial charge on any atom is 0.415 e. The van der Waals surface area contributed by atoms with Crippen molar-refractivity contribution in [3.63, 3.8) is 0 Å². The molecule has 128 valence electrons. The summed E-state index contributed by atoms with van der Waals surface area (Å²) in [5, 5.41) is 11.5. The number of nitrogens with zero attached hydrogens (tertiary/aromatic N) is 2. The van der Waals surface area contributed by atoms with Crippen LogP contribution in [0.1, 0.15) is 0 Å². The smallest absolute Gasteiger partial charge is 0.410 e. The summed E-state index contributed by atoms with van der Waals surface area (Å²) in [6, 6.07) is 3.24. The molecule has 9 heteroatoms. The van der Waals surface area contributed by atoms with Crippen molar-refractivity contribution in [1.82, 2.24) is 15.1 Å². The molecule has 1 aromatic carbocycles. The molecule has 1 aromatic rings. The van der Waals surface area contributed by atoms with E-state index in [4.69, 9.17) is 9.84 Å². The van der Waals surface area contributed by atoms with E-state index in [9.17, 15) is 18.8 Å². The Labute approximate surface area is 136 Å². The van der Waals surface area contributed by atoms with E-state index in [2.05, 4.69) is 5.32 Å². The average Bonchev–Trinajstić information content (AvgIpc) is 2.59. The first-order chi connectivity index (χ1) is 11.5. The molecule has 0 unspecified atom stereocenters. The van der Waals surface area contributed by atoms with Crippen LogP contribution in [0.25, 0.3) is 0 Å². The Balaban J connectivity index is 1.66. The summed E-state index contributed by atoms with van der Waals surface area (Å²) in [6.45, 7) is -0.0977. The highest BCUT2D eigenvalue weighted by atomic mass is 19.1. The number of ether oxygens (including phenoxy) is 1. The van der Waals surface area contributed by atoms with Gasteiger partial charge < -0.3 is 25.0 Å². The second-order valence-electron chi connectivity index (χ2n) is 5.56. The molecule has 2 aliphatic rings. The lowest BCUT2D eigenvalue weighted by Gasteiger charge is -2.44. The minimum Gasteiger partial charge on any atom is -0.410 e. The molecule has 0 spiro atoms. The van der Waals surface area contributed by atoms with Crippen LogP contribution in [-0.2, 0) is 9.59 Å². The van der Waals surface area contributed by atoms with Crippen LogP contribution in [-0.4, -0.2) is 71.1 Å². The first kappa shape index (κ1) is 16.2. The van der Waals surface area contributed by atoms with E-state index in [1.807, 2.05) is 0 Å². The van der Waals surface area contributed by atoms with E-state index in [1.54, 1.807) is 0 Å². The molecule has 0 aliphatic carbocycles. The number of hydrogen-bond acceptors (Lipinski definition) is 5. The lowest BCUT2D eigenvalue weighted by atomic mass is 10.0. The maximum absolute atomic E-state index is 12.9. The summed E-state index contributed by atoms with van der Waals surface area (Å²) in [5.74, 6) is -1.05. The number of fused-ring (bicyclic) bond motifs is 1. The van der Waals surface area contributed by atoms with Crippen LogP contribution in [0.2, 0.25) is 0 Å². The Morgan fingerprint density at radius 3 is 2.67 bits per heavy atom. The number of nitrogens with one attached hydrogen (secondary N) is 1. The molecule has 2 heterocycles. The Morgan fingerprint density at radius 1 is 1.29 bits per heavy atom. The van der Waals surface area contributed by atoms with Gasteiger partial charge in [-0.2, -0.15) is 0 Å². The molecule has 8 nitrogen and oxygen atoms in total. The quantitative estimate of drug-likeness (QED) is 0.746. The van der Waals surface area contributed by atoms with Gasteiger partial charge in [-0.05, 0) is 24.3 Å². The van der Waals surface area contributed by atoms with Gasteiger partial charge in [0.2, 0.25) is 11.8 Å². The third-order valence-corrected chi connectivity index (χ3v) is 4.04. The van der Waals surface area contributed by atoms with Crippen molar-refractivity contribution in [3.05, 3.63) is 30.1 Å². The highest BCUT2D eigenvalue weighted by molar-refractivity contribution is 5.97. The Morgan fingerprint density at radius 2 is 2.00 bits per heavy atom. The van der Waals surface area contributed by atoms with E-state index in [0.29, 0.717) is 0 Å². The first-order valence-corrected chi connectivity index (χ1v) is 7.43. The van der Waals surface area contributed by atoms with Crippen molar-refractivity contribution in [2.24, 2.45) is 0 Å². The first-order valence-electron chi connectivity index (χ1n) is 7.43. The lowest BCUT2D eigenvalue weighted by molar-refractivity contribution is -0.153. The van der Waals surface area contributed by atoms with E-state index in [-0.39, 0.29) is 31.3 Å². The van der Waals surface area contributed by atoms with Crippen molar-refractivity contribution < 1.29 is 28.6 Å². The number of amides is 3. The Hall–Kier alpha value is -2.68. The summed E-state index contributed by atoms with van der Waals surface area (Å²) in [4.78, 5) is 39.0. The predicted octanol–water partition coefficient (Wildman–Crippen LogP) is -0.672. The molecule has 0 aromatic heterocycles. The van der Waals surface area contributed by atoms with Gasteiger partial charge in [0, 0.05) is 13.1 Å². The standard InChI is InChI=1S/C15H16FN3O5/c16-9-1-3-10(4-2-9)24-15(23)18-5-6-19-12(7-18)13(21)17-11(8-20)14(19)22/h1-4,11-12,20H,5-8H2,(H,17,21)/t11-,12+/m0/s1. The van der Waals surface area contributed by atoms with Gasteiger partial charge in [-0.15, -0.1) is 0 Å². The van der Waals surface area contributed by atoms with Crippen molar-refractivity contribution in [2.75, 3.05) is 26.2 Å². The van der Waals surface area contributed by atoms with E-state index >= 15 is 0 Å². The van der Waals surface area contributed by atoms with Crippen LogP contribution in [0.15, 0.2) is 24.3 Å². The van der Waals surface area contributed by atoms with Gasteiger partial charge in [0.15, 0.2) is 0 Å². The number of hydrogen-bond donors (Lipinski definition) is 2. The van der Waals surface area contributed by atoms with Crippen molar-refractivity contribution in [2.45, 2.75) is 12.1 Å². The van der Waals surface area contributed by atoms with Crippen LogP contribution in [0, 0.1) is 5.82 Å². The molecular formula is C15H16FN3O5. The average molecular weight is 337 g/mol. The van der Waals surface area contributed by atoms with Crippen LogP contribution < -0.4 is 10.1 Å². The van der Waals surface area contributed by atoms with Gasteiger partial charge in [-0.25, -0.2) is 9.18 Å². The molecular weight excluding hydrogens is 321 g/mol. The summed E-state index contributed by atoms with van der Waals surface area (Å²) in [6.07, 6.45) is -0.675. The molecule has 2 aliphatic heterocycles. The maximum atomic E-state index is 12.9. The summed E-state index contributed by atoms with van der Waals surface area (Å²) in [7, 11) is 0. The van der Waals surface area contributed by atoms with Crippen LogP contribution in [0.4, 0.5) is 9.18 Å². The summed E-state index contributed by atoms with van der Waals surface area (Å²) in [5.41, 5.74) is 0. The number of piperazine rings is 2. The molecule has 3 amide bonds. The molecule has 0 radical (unpaired) electrons. The monoisotopic (exact) mass is 337 g/mol. The molecule has 2 saturated heterocycles. The van der Waals surface area contributed by atoms with Crippen molar-refractivity contribution >= 4 is 17.9 Å².